The lowest BCUT2D eigenvalue weighted by Gasteiger charge is -2.12. The summed E-state index contributed by atoms with van der Waals surface area (Å²) in [6.45, 7) is 0. The Morgan fingerprint density at radius 1 is 0.917 bits per heavy atom. The van der Waals surface area contributed by atoms with Crippen LogP contribution in [0.2, 0.25) is 20.1 Å². The van der Waals surface area contributed by atoms with E-state index in [0.717, 1.165) is 24.3 Å². The molecule has 0 aliphatic carbocycles. The molecule has 0 aliphatic heterocycles. The molecular weight excluding hydrogens is 575 g/mol. The fourth-order valence-corrected chi connectivity index (χ4v) is 3.82. The third kappa shape index (κ3) is 6.49. The van der Waals surface area contributed by atoms with Crippen LogP contribution in [0.5, 0.6) is 17.2 Å². The molecule has 188 valence electrons. The number of nitrogens with one attached hydrogen (secondary N) is 1. The molecule has 0 radical (unpaired) electrons. The van der Waals surface area contributed by atoms with E-state index >= 15 is 0 Å². The molecule has 3 aromatic carbocycles. The summed E-state index contributed by atoms with van der Waals surface area (Å²) < 4.78 is 48.8. The summed E-state index contributed by atoms with van der Waals surface area (Å²) >= 11 is 23.4. The number of nitro groups is 1. The average Bonchev–Trinajstić information content (AvgIpc) is 2.76. The van der Waals surface area contributed by atoms with Crippen molar-refractivity contribution in [2.24, 2.45) is 0 Å². The van der Waals surface area contributed by atoms with E-state index < -0.39 is 44.9 Å². The third-order valence-electron chi connectivity index (χ3n) is 4.27. The second kappa shape index (κ2) is 10.8. The fraction of sp³-hybridized carbons (Fsp3) is 0.0476. The van der Waals surface area contributed by atoms with Gasteiger partial charge in [-0.05, 0) is 36.4 Å². The molecule has 36 heavy (non-hydrogen) atoms. The number of hydrogen-bond donors (Lipinski definition) is 1. The molecule has 1 N–H and O–H groups in total. The Morgan fingerprint density at radius 2 is 1.56 bits per heavy atom. The minimum absolute atomic E-state index is 0.148. The normalized spacial score (nSPS) is 11.1. The van der Waals surface area contributed by atoms with Crippen molar-refractivity contribution in [3.05, 3.63) is 89.9 Å². The summed E-state index contributed by atoms with van der Waals surface area (Å²) in [6, 6.07) is 7.56. The molecule has 0 saturated heterocycles. The van der Waals surface area contributed by atoms with Crippen LogP contribution in [0.4, 0.5) is 23.7 Å². The topological polar surface area (TPSA) is 108 Å². The molecule has 2 amide bonds. The van der Waals surface area contributed by atoms with E-state index in [1.165, 1.54) is 12.1 Å². The Hall–Kier alpha value is -3.25. The van der Waals surface area contributed by atoms with Gasteiger partial charge in [0.1, 0.15) is 17.1 Å². The number of ether oxygens (including phenoxy) is 2. The molecule has 0 bridgehead atoms. The number of nitrogens with zero attached hydrogens (tertiary/aromatic N) is 1. The number of hydrogen-bond acceptors (Lipinski definition) is 6. The van der Waals surface area contributed by atoms with E-state index in [1.54, 1.807) is 5.32 Å². The van der Waals surface area contributed by atoms with Crippen LogP contribution in [0.3, 0.4) is 0 Å². The van der Waals surface area contributed by atoms with Gasteiger partial charge in [-0.1, -0.05) is 46.4 Å². The Kier molecular flexibility index (Phi) is 8.19. The van der Waals surface area contributed by atoms with Crippen LogP contribution in [0, 0.1) is 10.1 Å². The molecule has 0 aliphatic rings. The number of rotatable bonds is 5. The second-order valence-corrected chi connectivity index (χ2v) is 8.38. The Labute approximate surface area is 219 Å². The Balaban J connectivity index is 1.84. The van der Waals surface area contributed by atoms with Crippen LogP contribution in [0.15, 0.2) is 48.5 Å². The van der Waals surface area contributed by atoms with Gasteiger partial charge >= 0.3 is 12.3 Å². The van der Waals surface area contributed by atoms with E-state index in [2.05, 4.69) is 0 Å². The predicted molar refractivity (Wildman–Crippen MR) is 125 cm³/mol. The maximum atomic E-state index is 12.8. The molecule has 0 atom stereocenters. The first kappa shape index (κ1) is 27.3. The molecule has 0 heterocycles. The van der Waals surface area contributed by atoms with Crippen molar-refractivity contribution < 1.29 is 37.2 Å². The van der Waals surface area contributed by atoms with Crippen LogP contribution in [0.25, 0.3) is 0 Å². The average molecular weight is 584 g/mol. The summed E-state index contributed by atoms with van der Waals surface area (Å²) in [5.74, 6) is -2.02. The zero-order valence-corrected chi connectivity index (χ0v) is 20.2. The first-order valence-corrected chi connectivity index (χ1v) is 10.8. The quantitative estimate of drug-likeness (QED) is 0.241. The zero-order chi connectivity index (χ0) is 26.8. The maximum Gasteiger partial charge on any atom is 0.419 e. The summed E-state index contributed by atoms with van der Waals surface area (Å²) in [5.41, 5.74) is -2.37. The summed E-state index contributed by atoms with van der Waals surface area (Å²) in [5, 5.41) is 12.6. The second-order valence-electron chi connectivity index (χ2n) is 6.72. The molecule has 0 saturated carbocycles. The van der Waals surface area contributed by atoms with Crippen LogP contribution in [-0.2, 0) is 6.18 Å². The standard InChI is InChI=1S/C21H9Cl4F3N2O6/c22-10-6-14(24)18(15(25)7-10)36-20(32)29-19(31)12-8-11(2-3-16(12)30(33)34)35-17-4-1-9(5-13(17)23)21(26,27)28/h1-8H,(H,29,31,32). The van der Waals surface area contributed by atoms with Crippen LogP contribution >= 0.6 is 46.4 Å². The van der Waals surface area contributed by atoms with E-state index in [-0.39, 0.29) is 32.3 Å². The number of alkyl halides is 3. The smallest absolute Gasteiger partial charge is 0.419 e. The largest absolute Gasteiger partial charge is 0.456 e. The monoisotopic (exact) mass is 582 g/mol. The number of carbonyl (C=O) groups is 2. The minimum Gasteiger partial charge on any atom is -0.456 e. The van der Waals surface area contributed by atoms with E-state index in [9.17, 15) is 32.9 Å². The van der Waals surface area contributed by atoms with Crippen molar-refractivity contribution in [2.45, 2.75) is 6.18 Å². The van der Waals surface area contributed by atoms with Gasteiger partial charge in [0.2, 0.25) is 0 Å². The number of amides is 2. The molecule has 0 spiro atoms. The van der Waals surface area contributed by atoms with Crippen molar-refractivity contribution in [2.75, 3.05) is 0 Å². The molecule has 0 unspecified atom stereocenters. The highest BCUT2D eigenvalue weighted by Crippen LogP contribution is 2.38. The van der Waals surface area contributed by atoms with Gasteiger partial charge in [0, 0.05) is 17.2 Å². The predicted octanol–water partition coefficient (Wildman–Crippen LogP) is 7.95. The van der Waals surface area contributed by atoms with Crippen molar-refractivity contribution in [3.63, 3.8) is 0 Å². The lowest BCUT2D eigenvalue weighted by atomic mass is 10.1. The molecule has 15 heteroatoms. The number of benzene rings is 3. The van der Waals surface area contributed by atoms with Gasteiger partial charge in [0.15, 0.2) is 5.75 Å². The number of carbonyl (C=O) groups excluding carboxylic acids is 2. The van der Waals surface area contributed by atoms with Gasteiger partial charge in [-0.25, -0.2) is 4.79 Å². The molecule has 0 fully saturated rings. The van der Waals surface area contributed by atoms with E-state index in [1.807, 2.05) is 0 Å². The summed E-state index contributed by atoms with van der Waals surface area (Å²) in [7, 11) is 0. The molecule has 3 aromatic rings. The molecular formula is C21H9Cl4F3N2O6. The number of halogens is 7. The van der Waals surface area contributed by atoms with Gasteiger partial charge in [-0.2, -0.15) is 13.2 Å². The van der Waals surface area contributed by atoms with Gasteiger partial charge in [0.05, 0.1) is 25.6 Å². The number of imide groups is 1. The van der Waals surface area contributed by atoms with Gasteiger partial charge in [-0.3, -0.25) is 20.2 Å². The van der Waals surface area contributed by atoms with Crippen molar-refractivity contribution in [1.82, 2.24) is 5.32 Å². The number of nitro benzene ring substituents is 1. The van der Waals surface area contributed by atoms with Gasteiger partial charge in [0.25, 0.3) is 11.6 Å². The SMILES string of the molecule is O=C(NC(=O)c1cc(Oc2ccc(C(F)(F)F)cc2Cl)ccc1[N+](=O)[O-])Oc1c(Cl)cc(Cl)cc1Cl. The maximum absolute atomic E-state index is 12.8. The molecule has 0 aromatic heterocycles. The van der Waals surface area contributed by atoms with Crippen LogP contribution in [-0.4, -0.2) is 16.9 Å². The Morgan fingerprint density at radius 3 is 2.11 bits per heavy atom. The highest BCUT2D eigenvalue weighted by atomic mass is 35.5. The fourth-order valence-electron chi connectivity index (χ4n) is 2.71. The third-order valence-corrected chi connectivity index (χ3v) is 5.34. The van der Waals surface area contributed by atoms with E-state index in [4.69, 9.17) is 55.9 Å². The van der Waals surface area contributed by atoms with Crippen molar-refractivity contribution >= 4 is 64.1 Å². The van der Waals surface area contributed by atoms with Crippen molar-refractivity contribution in [3.8, 4) is 17.2 Å². The lowest BCUT2D eigenvalue weighted by molar-refractivity contribution is -0.385. The first-order chi connectivity index (χ1) is 16.8. The van der Waals surface area contributed by atoms with Gasteiger partial charge < -0.3 is 9.47 Å². The summed E-state index contributed by atoms with van der Waals surface area (Å²) in [4.78, 5) is 35.3. The van der Waals surface area contributed by atoms with Crippen molar-refractivity contribution in [1.29, 1.82) is 0 Å². The molecule has 8 nitrogen and oxygen atoms in total. The van der Waals surface area contributed by atoms with Crippen LogP contribution in [0.1, 0.15) is 15.9 Å². The Bertz CT molecular complexity index is 1360. The van der Waals surface area contributed by atoms with Gasteiger partial charge in [-0.15, -0.1) is 0 Å². The minimum atomic E-state index is -4.64. The van der Waals surface area contributed by atoms with E-state index in [0.29, 0.717) is 12.1 Å². The highest BCUT2D eigenvalue weighted by molar-refractivity contribution is 6.40. The van der Waals surface area contributed by atoms with Crippen LogP contribution < -0.4 is 14.8 Å². The lowest BCUT2D eigenvalue weighted by Crippen LogP contribution is -2.33. The zero-order valence-electron chi connectivity index (χ0n) is 17.2. The highest BCUT2D eigenvalue weighted by Gasteiger charge is 2.31. The first-order valence-electron chi connectivity index (χ1n) is 9.27. The molecule has 3 rings (SSSR count). The summed E-state index contributed by atoms with van der Waals surface area (Å²) in [6.07, 6.45) is -6.02.